The summed E-state index contributed by atoms with van der Waals surface area (Å²) in [6, 6.07) is 1.78. The summed E-state index contributed by atoms with van der Waals surface area (Å²) in [5.41, 5.74) is 2.56. The highest BCUT2D eigenvalue weighted by molar-refractivity contribution is 5.98. The summed E-state index contributed by atoms with van der Waals surface area (Å²) in [7, 11) is 0. The molecule has 4 N–H and O–H groups in total. The van der Waals surface area contributed by atoms with Gasteiger partial charge in [0.05, 0.1) is 22.6 Å². The number of carbonyl (C=O) groups is 1. The molecule has 0 radical (unpaired) electrons. The molecule has 0 bridgehead atoms. The van der Waals surface area contributed by atoms with Gasteiger partial charge in [-0.2, -0.15) is 0 Å². The number of aliphatic hydroxyl groups excluding tert-OH is 2. The minimum absolute atomic E-state index is 0.460. The maximum absolute atomic E-state index is 11.2. The van der Waals surface area contributed by atoms with Gasteiger partial charge in [-0.15, -0.1) is 0 Å². The van der Waals surface area contributed by atoms with Crippen LogP contribution in [0.15, 0.2) is 12.1 Å². The number of amides is 1. The Balaban J connectivity index is 3.60. The van der Waals surface area contributed by atoms with Gasteiger partial charge in [0.1, 0.15) is 11.1 Å². The fraction of sp³-hybridized carbons (Fsp3) is 0.300. The van der Waals surface area contributed by atoms with Crippen molar-refractivity contribution in [3.63, 3.8) is 0 Å². The number of hydrogen-bond acceptors (Lipinski definition) is 7. The van der Waals surface area contributed by atoms with E-state index in [0.29, 0.717) is 0 Å². The van der Waals surface area contributed by atoms with Gasteiger partial charge in [0.2, 0.25) is 0 Å². The highest BCUT2D eigenvalue weighted by Gasteiger charge is 2.31. The van der Waals surface area contributed by atoms with Gasteiger partial charge in [0, 0.05) is 12.5 Å². The molecule has 1 atom stereocenters. The average molecular weight is 285 g/mol. The van der Waals surface area contributed by atoms with Gasteiger partial charge in [-0.25, -0.2) is 0 Å². The molecule has 1 amide bonds. The summed E-state index contributed by atoms with van der Waals surface area (Å²) in [6.07, 6.45) is -1.99. The predicted octanol–water partition coefficient (Wildman–Crippen LogP) is -0.502. The van der Waals surface area contributed by atoms with Crippen molar-refractivity contribution in [3.8, 4) is 0 Å². The molecule has 1 unspecified atom stereocenters. The fourth-order valence-electron chi connectivity index (χ4n) is 1.71. The van der Waals surface area contributed by atoms with Gasteiger partial charge in [-0.05, 0) is 6.07 Å². The van der Waals surface area contributed by atoms with Crippen LogP contribution in [0.2, 0.25) is 0 Å². The molecule has 10 nitrogen and oxygen atoms in total. The van der Waals surface area contributed by atoms with Crippen LogP contribution in [0.25, 0.3) is 0 Å². The number of primary amides is 1. The van der Waals surface area contributed by atoms with E-state index >= 15 is 0 Å². The van der Waals surface area contributed by atoms with Crippen molar-refractivity contribution >= 4 is 17.3 Å². The maximum Gasteiger partial charge on any atom is 0.292 e. The summed E-state index contributed by atoms with van der Waals surface area (Å²) in [5.74, 6) is -1.12. The quantitative estimate of drug-likeness (QED) is 0.467. The summed E-state index contributed by atoms with van der Waals surface area (Å²) in [5, 5.41) is 40.0. The third-order valence-electron chi connectivity index (χ3n) is 2.55. The van der Waals surface area contributed by atoms with E-state index in [-0.39, 0.29) is 0 Å². The Labute approximate surface area is 111 Å². The fourth-order valence-corrected chi connectivity index (χ4v) is 1.71. The van der Waals surface area contributed by atoms with Crippen LogP contribution >= 0.6 is 0 Å². The Morgan fingerprint density at radius 2 is 1.90 bits per heavy atom. The Kier molecular flexibility index (Phi) is 4.67. The standard InChI is InChI=1S/C10H11N3O7/c11-10(16)6-1-2-8(12(17)18)7(3-5(15)4-14)9(6)13(19)20/h1-2,5,14-15H,3-4H2,(H2,11,16). The Morgan fingerprint density at radius 1 is 1.30 bits per heavy atom. The van der Waals surface area contributed by atoms with Crippen molar-refractivity contribution < 1.29 is 24.9 Å². The molecule has 0 fully saturated rings. The third kappa shape index (κ3) is 3.05. The number of hydrogen-bond donors (Lipinski definition) is 3. The van der Waals surface area contributed by atoms with E-state index in [0.717, 1.165) is 12.1 Å². The van der Waals surface area contributed by atoms with Crippen LogP contribution in [0.5, 0.6) is 0 Å². The zero-order chi connectivity index (χ0) is 15.4. The average Bonchev–Trinajstić information content (AvgIpc) is 2.36. The zero-order valence-electron chi connectivity index (χ0n) is 10.1. The van der Waals surface area contributed by atoms with Crippen molar-refractivity contribution in [3.05, 3.63) is 43.5 Å². The lowest BCUT2D eigenvalue weighted by molar-refractivity contribution is -0.395. The van der Waals surface area contributed by atoms with Crippen molar-refractivity contribution in [2.75, 3.05) is 6.61 Å². The van der Waals surface area contributed by atoms with Crippen LogP contribution in [0, 0.1) is 20.2 Å². The van der Waals surface area contributed by atoms with Crippen LogP contribution in [-0.2, 0) is 6.42 Å². The van der Waals surface area contributed by atoms with Crippen molar-refractivity contribution in [1.82, 2.24) is 0 Å². The van der Waals surface area contributed by atoms with Gasteiger partial charge in [0.25, 0.3) is 17.3 Å². The van der Waals surface area contributed by atoms with Gasteiger partial charge >= 0.3 is 0 Å². The van der Waals surface area contributed by atoms with E-state index in [1.54, 1.807) is 0 Å². The molecule has 1 rings (SSSR count). The lowest BCUT2D eigenvalue weighted by Gasteiger charge is -2.10. The first-order chi connectivity index (χ1) is 9.29. The van der Waals surface area contributed by atoms with Crippen LogP contribution in [0.1, 0.15) is 15.9 Å². The molecule has 0 spiro atoms. The number of nitrogens with zero attached hydrogens (tertiary/aromatic N) is 2. The van der Waals surface area contributed by atoms with Crippen LogP contribution < -0.4 is 5.73 Å². The molecule has 0 aliphatic rings. The summed E-state index contributed by atoms with van der Waals surface area (Å²) >= 11 is 0. The molecule has 108 valence electrons. The number of carbonyl (C=O) groups excluding carboxylic acids is 1. The first-order valence-corrected chi connectivity index (χ1v) is 5.33. The Morgan fingerprint density at radius 3 is 2.30 bits per heavy atom. The molecule has 10 heteroatoms. The van der Waals surface area contributed by atoms with Crippen molar-refractivity contribution in [1.29, 1.82) is 0 Å². The number of benzene rings is 1. The normalized spacial score (nSPS) is 11.9. The van der Waals surface area contributed by atoms with Gasteiger partial charge < -0.3 is 15.9 Å². The van der Waals surface area contributed by atoms with Crippen LogP contribution in [0.3, 0.4) is 0 Å². The lowest BCUT2D eigenvalue weighted by atomic mass is 9.99. The minimum Gasteiger partial charge on any atom is -0.394 e. The zero-order valence-corrected chi connectivity index (χ0v) is 10.1. The monoisotopic (exact) mass is 285 g/mol. The van der Waals surface area contributed by atoms with E-state index in [4.69, 9.17) is 10.8 Å². The minimum atomic E-state index is -1.43. The first-order valence-electron chi connectivity index (χ1n) is 5.33. The molecule has 0 heterocycles. The third-order valence-corrected chi connectivity index (χ3v) is 2.55. The van der Waals surface area contributed by atoms with E-state index in [2.05, 4.69) is 0 Å². The summed E-state index contributed by atoms with van der Waals surface area (Å²) in [6.45, 7) is -0.741. The number of aliphatic hydroxyl groups is 2. The lowest BCUT2D eigenvalue weighted by Crippen LogP contribution is -2.20. The molecule has 0 aromatic heterocycles. The smallest absolute Gasteiger partial charge is 0.292 e. The van der Waals surface area contributed by atoms with Gasteiger partial charge in [-0.1, -0.05) is 0 Å². The molecule has 20 heavy (non-hydrogen) atoms. The SMILES string of the molecule is NC(=O)c1ccc([N+](=O)[O-])c(CC(O)CO)c1[N+](=O)[O-]. The van der Waals surface area contributed by atoms with Crippen molar-refractivity contribution in [2.24, 2.45) is 5.73 Å². The second-order valence-electron chi connectivity index (χ2n) is 3.88. The maximum atomic E-state index is 11.2. The topological polar surface area (TPSA) is 170 Å². The van der Waals surface area contributed by atoms with E-state index in [1.165, 1.54) is 0 Å². The van der Waals surface area contributed by atoms with Crippen LogP contribution in [0.4, 0.5) is 11.4 Å². The Hall–Kier alpha value is -2.59. The first kappa shape index (κ1) is 15.5. The predicted molar refractivity (Wildman–Crippen MR) is 65.1 cm³/mol. The number of nitro groups is 2. The molecule has 1 aromatic carbocycles. The molecule has 0 aliphatic carbocycles. The van der Waals surface area contributed by atoms with E-state index in [1.807, 2.05) is 0 Å². The Bertz CT molecular complexity index is 572. The second-order valence-corrected chi connectivity index (χ2v) is 3.88. The second kappa shape index (κ2) is 6.04. The molecule has 1 aromatic rings. The van der Waals surface area contributed by atoms with Gasteiger partial charge in [-0.3, -0.25) is 25.0 Å². The molecule has 0 aliphatic heterocycles. The highest BCUT2D eigenvalue weighted by Crippen LogP contribution is 2.32. The molecular weight excluding hydrogens is 274 g/mol. The van der Waals surface area contributed by atoms with Crippen molar-refractivity contribution in [2.45, 2.75) is 12.5 Å². The number of nitrogens with two attached hydrogens (primary N) is 1. The highest BCUT2D eigenvalue weighted by atomic mass is 16.6. The summed E-state index contributed by atoms with van der Waals surface area (Å²) in [4.78, 5) is 31.2. The number of rotatable bonds is 6. The largest absolute Gasteiger partial charge is 0.394 e. The molecular formula is C10H11N3O7. The van der Waals surface area contributed by atoms with E-state index < -0.39 is 57.4 Å². The molecule has 0 saturated heterocycles. The molecule has 0 saturated carbocycles. The van der Waals surface area contributed by atoms with Crippen LogP contribution in [-0.4, -0.2) is 38.7 Å². The van der Waals surface area contributed by atoms with Gasteiger partial charge in [0.15, 0.2) is 0 Å². The summed E-state index contributed by atoms with van der Waals surface area (Å²) < 4.78 is 0. The van der Waals surface area contributed by atoms with E-state index in [9.17, 15) is 30.1 Å². The number of nitro benzene ring substituents is 2.